The van der Waals surface area contributed by atoms with Gasteiger partial charge in [0, 0.05) is 11.1 Å². The summed E-state index contributed by atoms with van der Waals surface area (Å²) in [6.45, 7) is 7.01. The molecule has 0 aliphatic heterocycles. The van der Waals surface area contributed by atoms with Crippen molar-refractivity contribution in [2.45, 2.75) is 26.8 Å². The molecular formula is C10H16N2O2S. The lowest BCUT2D eigenvalue weighted by atomic mass is 10.4. The molecule has 0 saturated carbocycles. The van der Waals surface area contributed by atoms with Crippen molar-refractivity contribution in [2.75, 3.05) is 13.1 Å². The molecule has 0 aromatic carbocycles. The highest BCUT2D eigenvalue weighted by Crippen LogP contribution is 2.15. The number of thiazole rings is 1. The largest absolute Gasteiger partial charge is 0.481 e. The number of carbonyl (C=O) groups is 1. The van der Waals surface area contributed by atoms with E-state index in [1.165, 1.54) is 11.3 Å². The lowest BCUT2D eigenvalue weighted by Gasteiger charge is -2.15. The smallest absolute Gasteiger partial charge is 0.308 e. The molecule has 1 heterocycles. The molecular weight excluding hydrogens is 212 g/mol. The highest BCUT2D eigenvalue weighted by molar-refractivity contribution is 7.11. The quantitative estimate of drug-likeness (QED) is 0.803. The molecule has 0 spiro atoms. The molecule has 1 rings (SSSR count). The molecule has 0 aliphatic rings. The summed E-state index contributed by atoms with van der Waals surface area (Å²) >= 11 is 1.49. The molecule has 0 unspecified atom stereocenters. The van der Waals surface area contributed by atoms with Crippen LogP contribution in [0, 0.1) is 0 Å². The first-order chi connectivity index (χ1) is 7.15. The highest BCUT2D eigenvalue weighted by atomic mass is 32.1. The second-order valence-electron chi connectivity index (χ2n) is 3.25. The Balaban J connectivity index is 2.55. The maximum atomic E-state index is 10.5. The SMILES string of the molecule is CCN(CC)Cc1ncc(CC(=O)O)s1. The molecule has 1 N–H and O–H groups in total. The first kappa shape index (κ1) is 12.1. The van der Waals surface area contributed by atoms with Gasteiger partial charge >= 0.3 is 5.97 Å². The van der Waals surface area contributed by atoms with Gasteiger partial charge in [-0.25, -0.2) is 4.98 Å². The van der Waals surface area contributed by atoms with E-state index in [9.17, 15) is 4.79 Å². The van der Waals surface area contributed by atoms with Crippen LogP contribution in [0.25, 0.3) is 0 Å². The molecule has 0 aliphatic carbocycles. The molecule has 15 heavy (non-hydrogen) atoms. The Bertz CT molecular complexity index is 321. The predicted molar refractivity (Wildman–Crippen MR) is 60.1 cm³/mol. The van der Waals surface area contributed by atoms with Crippen molar-refractivity contribution < 1.29 is 9.90 Å². The van der Waals surface area contributed by atoms with Crippen molar-refractivity contribution >= 4 is 17.3 Å². The monoisotopic (exact) mass is 228 g/mol. The van der Waals surface area contributed by atoms with E-state index in [1.807, 2.05) is 0 Å². The van der Waals surface area contributed by atoms with Crippen LogP contribution in [0.3, 0.4) is 0 Å². The number of carboxylic acids is 1. The summed E-state index contributed by atoms with van der Waals surface area (Å²) in [5.74, 6) is -0.798. The minimum absolute atomic E-state index is 0.0793. The standard InChI is InChI=1S/C10H16N2O2S/c1-3-12(4-2)7-9-11-6-8(15-9)5-10(13)14/h6H,3-5,7H2,1-2H3,(H,13,14). The number of hydrogen-bond acceptors (Lipinski definition) is 4. The Morgan fingerprint density at radius 1 is 1.53 bits per heavy atom. The maximum absolute atomic E-state index is 10.5. The van der Waals surface area contributed by atoms with Gasteiger partial charge in [-0.3, -0.25) is 9.69 Å². The molecule has 0 radical (unpaired) electrons. The fourth-order valence-electron chi connectivity index (χ4n) is 1.29. The van der Waals surface area contributed by atoms with Crippen molar-refractivity contribution in [3.63, 3.8) is 0 Å². The fraction of sp³-hybridized carbons (Fsp3) is 0.600. The molecule has 0 bridgehead atoms. The summed E-state index contributed by atoms with van der Waals surface area (Å²) < 4.78 is 0. The van der Waals surface area contributed by atoms with Gasteiger partial charge in [-0.15, -0.1) is 11.3 Å². The summed E-state index contributed by atoms with van der Waals surface area (Å²) in [5.41, 5.74) is 0. The Morgan fingerprint density at radius 2 is 2.20 bits per heavy atom. The molecule has 0 amide bonds. The summed E-state index contributed by atoms with van der Waals surface area (Å²) in [4.78, 5) is 17.8. The minimum Gasteiger partial charge on any atom is -0.481 e. The second-order valence-corrected chi connectivity index (χ2v) is 4.45. The predicted octanol–water partition coefficient (Wildman–Crippen LogP) is 1.61. The number of rotatable bonds is 6. The second kappa shape index (κ2) is 5.82. The van der Waals surface area contributed by atoms with Crippen LogP contribution < -0.4 is 0 Å². The normalized spacial score (nSPS) is 10.9. The molecule has 4 nitrogen and oxygen atoms in total. The van der Waals surface area contributed by atoms with Crippen molar-refractivity contribution in [2.24, 2.45) is 0 Å². The van der Waals surface area contributed by atoms with Crippen LogP contribution in [0.4, 0.5) is 0 Å². The minimum atomic E-state index is -0.798. The highest BCUT2D eigenvalue weighted by Gasteiger charge is 2.08. The topological polar surface area (TPSA) is 53.4 Å². The van der Waals surface area contributed by atoms with E-state index in [0.29, 0.717) is 0 Å². The third-order valence-corrected chi connectivity index (χ3v) is 3.16. The first-order valence-corrected chi connectivity index (χ1v) is 5.85. The van der Waals surface area contributed by atoms with Crippen LogP contribution in [0.1, 0.15) is 23.7 Å². The van der Waals surface area contributed by atoms with Crippen molar-refractivity contribution in [3.8, 4) is 0 Å². The van der Waals surface area contributed by atoms with E-state index in [4.69, 9.17) is 5.11 Å². The number of aromatic nitrogens is 1. The zero-order valence-electron chi connectivity index (χ0n) is 9.06. The average Bonchev–Trinajstić information content (AvgIpc) is 2.61. The third-order valence-electron chi connectivity index (χ3n) is 2.18. The summed E-state index contributed by atoms with van der Waals surface area (Å²) in [7, 11) is 0. The molecule has 84 valence electrons. The average molecular weight is 228 g/mol. The Kier molecular flexibility index (Phi) is 4.71. The number of hydrogen-bond donors (Lipinski definition) is 1. The zero-order chi connectivity index (χ0) is 11.3. The summed E-state index contributed by atoms with van der Waals surface area (Å²) in [6.07, 6.45) is 1.74. The van der Waals surface area contributed by atoms with Gasteiger partial charge in [0.2, 0.25) is 0 Å². The van der Waals surface area contributed by atoms with Gasteiger partial charge in [-0.2, -0.15) is 0 Å². The van der Waals surface area contributed by atoms with Crippen molar-refractivity contribution in [1.82, 2.24) is 9.88 Å². The zero-order valence-corrected chi connectivity index (χ0v) is 9.88. The van der Waals surface area contributed by atoms with Crippen LogP contribution >= 0.6 is 11.3 Å². The molecule has 1 aromatic heterocycles. The van der Waals surface area contributed by atoms with Crippen LogP contribution in [-0.4, -0.2) is 34.0 Å². The third kappa shape index (κ3) is 3.97. The first-order valence-electron chi connectivity index (χ1n) is 5.03. The van der Waals surface area contributed by atoms with Gasteiger partial charge < -0.3 is 5.11 Å². The van der Waals surface area contributed by atoms with Gasteiger partial charge in [0.1, 0.15) is 5.01 Å². The van der Waals surface area contributed by atoms with Gasteiger partial charge in [0.25, 0.3) is 0 Å². The molecule has 1 aromatic rings. The lowest BCUT2D eigenvalue weighted by Crippen LogP contribution is -2.21. The molecule has 0 fully saturated rings. The fourth-order valence-corrected chi connectivity index (χ4v) is 2.25. The van der Waals surface area contributed by atoms with Gasteiger partial charge in [0.05, 0.1) is 13.0 Å². The van der Waals surface area contributed by atoms with Crippen molar-refractivity contribution in [3.05, 3.63) is 16.1 Å². The summed E-state index contributed by atoms with van der Waals surface area (Å²) in [6, 6.07) is 0. The number of aliphatic carboxylic acids is 1. The van der Waals surface area contributed by atoms with Gasteiger partial charge in [0.15, 0.2) is 0 Å². The van der Waals surface area contributed by atoms with Gasteiger partial charge in [-0.05, 0) is 13.1 Å². The van der Waals surface area contributed by atoms with E-state index < -0.39 is 5.97 Å². The van der Waals surface area contributed by atoms with Crippen LogP contribution in [-0.2, 0) is 17.8 Å². The van der Waals surface area contributed by atoms with E-state index in [1.54, 1.807) is 6.20 Å². The Hall–Kier alpha value is -0.940. The van der Waals surface area contributed by atoms with Crippen LogP contribution in [0.15, 0.2) is 6.20 Å². The molecule has 5 heteroatoms. The summed E-state index contributed by atoms with van der Waals surface area (Å²) in [5, 5.41) is 9.61. The van der Waals surface area contributed by atoms with Crippen LogP contribution in [0.5, 0.6) is 0 Å². The molecule has 0 atom stereocenters. The molecule has 0 saturated heterocycles. The lowest BCUT2D eigenvalue weighted by molar-refractivity contribution is -0.136. The number of carboxylic acid groups (broad SMARTS) is 1. The van der Waals surface area contributed by atoms with E-state index in [0.717, 1.165) is 29.5 Å². The Morgan fingerprint density at radius 3 is 2.73 bits per heavy atom. The van der Waals surface area contributed by atoms with E-state index >= 15 is 0 Å². The maximum Gasteiger partial charge on any atom is 0.308 e. The van der Waals surface area contributed by atoms with Crippen molar-refractivity contribution in [1.29, 1.82) is 0 Å². The van der Waals surface area contributed by atoms with Gasteiger partial charge in [-0.1, -0.05) is 13.8 Å². The number of nitrogens with zero attached hydrogens (tertiary/aromatic N) is 2. The Labute approximate surface area is 93.6 Å². The van der Waals surface area contributed by atoms with E-state index in [2.05, 4.69) is 23.7 Å². The van der Waals surface area contributed by atoms with E-state index in [-0.39, 0.29) is 6.42 Å². The van der Waals surface area contributed by atoms with Crippen LogP contribution in [0.2, 0.25) is 0 Å².